The second-order valence-electron chi connectivity index (χ2n) is 4.52. The number of anilines is 1. The highest BCUT2D eigenvalue weighted by Gasteiger charge is 2.15. The number of benzene rings is 1. The minimum absolute atomic E-state index is 0.0788. The number of aryl methyl sites for hydroxylation is 1. The molecule has 0 aliphatic carbocycles. The van der Waals surface area contributed by atoms with E-state index in [-0.39, 0.29) is 16.7 Å². The minimum atomic E-state index is -0.379. The number of pyridine rings is 1. The van der Waals surface area contributed by atoms with Crippen molar-refractivity contribution in [3.63, 3.8) is 0 Å². The molecule has 20 heavy (non-hydrogen) atoms. The summed E-state index contributed by atoms with van der Waals surface area (Å²) in [5.41, 5.74) is 2.67. The number of rotatable bonds is 4. The van der Waals surface area contributed by atoms with Crippen LogP contribution in [0.15, 0.2) is 41.1 Å². The molecule has 0 bridgehead atoms. The molecule has 6 heteroatoms. The van der Waals surface area contributed by atoms with Crippen molar-refractivity contribution in [1.82, 2.24) is 4.98 Å². The number of nitro groups is 1. The number of nitrogens with one attached hydrogen (secondary N) is 1. The lowest BCUT2D eigenvalue weighted by atomic mass is 10.1. The Morgan fingerprint density at radius 1 is 1.35 bits per heavy atom. The van der Waals surface area contributed by atoms with Crippen LogP contribution in [0.25, 0.3) is 0 Å². The van der Waals surface area contributed by atoms with Crippen molar-refractivity contribution >= 4 is 27.3 Å². The molecule has 2 aromatic rings. The molecule has 0 saturated heterocycles. The van der Waals surface area contributed by atoms with Crippen molar-refractivity contribution in [2.24, 2.45) is 0 Å². The summed E-state index contributed by atoms with van der Waals surface area (Å²) in [5.74, 6) is 0. The highest BCUT2D eigenvalue weighted by atomic mass is 79.9. The Labute approximate surface area is 125 Å². The predicted octanol–water partition coefficient (Wildman–Crippen LogP) is 4.23. The number of aromatic nitrogens is 1. The Bertz CT molecular complexity index is 632. The van der Waals surface area contributed by atoms with E-state index in [9.17, 15) is 10.1 Å². The van der Waals surface area contributed by atoms with Crippen LogP contribution in [0, 0.1) is 17.0 Å². The summed E-state index contributed by atoms with van der Waals surface area (Å²) in [6.07, 6.45) is 3.48. The summed E-state index contributed by atoms with van der Waals surface area (Å²) >= 11 is 3.37. The number of hydrogen-bond donors (Lipinski definition) is 1. The zero-order chi connectivity index (χ0) is 14.7. The minimum Gasteiger partial charge on any atom is -0.378 e. The molecule has 1 N–H and O–H groups in total. The van der Waals surface area contributed by atoms with Crippen LogP contribution in [-0.2, 0) is 0 Å². The summed E-state index contributed by atoms with van der Waals surface area (Å²) < 4.78 is 0.677. The number of halogens is 1. The molecule has 0 fully saturated rings. The molecule has 0 amide bonds. The summed E-state index contributed by atoms with van der Waals surface area (Å²) in [6, 6.07) is 7.25. The fourth-order valence-electron chi connectivity index (χ4n) is 1.95. The van der Waals surface area contributed by atoms with Gasteiger partial charge in [0.25, 0.3) is 5.69 Å². The quantitative estimate of drug-likeness (QED) is 0.670. The Morgan fingerprint density at radius 3 is 2.60 bits per heavy atom. The molecule has 0 spiro atoms. The lowest BCUT2D eigenvalue weighted by Crippen LogP contribution is -2.07. The van der Waals surface area contributed by atoms with Crippen LogP contribution in [0.5, 0.6) is 0 Å². The van der Waals surface area contributed by atoms with Crippen LogP contribution < -0.4 is 5.32 Å². The van der Waals surface area contributed by atoms with Crippen LogP contribution in [0.4, 0.5) is 11.4 Å². The van der Waals surface area contributed by atoms with Crippen molar-refractivity contribution < 1.29 is 4.92 Å². The van der Waals surface area contributed by atoms with E-state index in [2.05, 4.69) is 26.2 Å². The van der Waals surface area contributed by atoms with E-state index in [0.29, 0.717) is 10.0 Å². The van der Waals surface area contributed by atoms with Crippen LogP contribution in [-0.4, -0.2) is 9.91 Å². The molecule has 0 aliphatic heterocycles. The topological polar surface area (TPSA) is 68.1 Å². The highest BCUT2D eigenvalue weighted by Crippen LogP contribution is 2.32. The van der Waals surface area contributed by atoms with E-state index in [1.54, 1.807) is 25.4 Å². The summed E-state index contributed by atoms with van der Waals surface area (Å²) in [6.45, 7) is 3.76. The fraction of sp³-hybridized carbons (Fsp3) is 0.214. The van der Waals surface area contributed by atoms with Gasteiger partial charge >= 0.3 is 0 Å². The van der Waals surface area contributed by atoms with E-state index >= 15 is 0 Å². The number of nitrogens with zero attached hydrogens (tertiary/aromatic N) is 2. The van der Waals surface area contributed by atoms with Crippen molar-refractivity contribution in [3.8, 4) is 0 Å². The second kappa shape index (κ2) is 6.00. The van der Waals surface area contributed by atoms with Gasteiger partial charge in [-0.15, -0.1) is 0 Å². The third-order valence-electron chi connectivity index (χ3n) is 3.06. The van der Waals surface area contributed by atoms with Crippen LogP contribution in [0.2, 0.25) is 0 Å². The molecule has 1 aromatic carbocycles. The first kappa shape index (κ1) is 14.5. The van der Waals surface area contributed by atoms with Gasteiger partial charge in [-0.1, -0.05) is 0 Å². The lowest BCUT2D eigenvalue weighted by molar-refractivity contribution is -0.385. The van der Waals surface area contributed by atoms with E-state index in [1.165, 1.54) is 6.07 Å². The van der Waals surface area contributed by atoms with E-state index < -0.39 is 0 Å². The maximum absolute atomic E-state index is 10.9. The first-order valence-corrected chi connectivity index (χ1v) is 6.89. The van der Waals surface area contributed by atoms with Gasteiger partial charge in [0.2, 0.25) is 0 Å². The zero-order valence-electron chi connectivity index (χ0n) is 11.1. The molecule has 1 atom stereocenters. The van der Waals surface area contributed by atoms with Crippen molar-refractivity contribution in [3.05, 3.63) is 62.4 Å². The van der Waals surface area contributed by atoms with Crippen LogP contribution in [0.3, 0.4) is 0 Å². The third kappa shape index (κ3) is 3.14. The largest absolute Gasteiger partial charge is 0.378 e. The van der Waals surface area contributed by atoms with Gasteiger partial charge in [-0.25, -0.2) is 0 Å². The molecule has 0 aliphatic rings. The molecular weight excluding hydrogens is 322 g/mol. The van der Waals surface area contributed by atoms with Crippen LogP contribution >= 0.6 is 15.9 Å². The molecule has 0 radical (unpaired) electrons. The summed E-state index contributed by atoms with van der Waals surface area (Å²) in [5, 5.41) is 14.2. The zero-order valence-corrected chi connectivity index (χ0v) is 12.7. The normalized spacial score (nSPS) is 11.9. The monoisotopic (exact) mass is 335 g/mol. The van der Waals surface area contributed by atoms with Gasteiger partial charge in [-0.3, -0.25) is 15.1 Å². The van der Waals surface area contributed by atoms with Gasteiger partial charge < -0.3 is 5.32 Å². The Balaban J connectivity index is 2.26. The predicted molar refractivity (Wildman–Crippen MR) is 81.8 cm³/mol. The van der Waals surface area contributed by atoms with Crippen molar-refractivity contribution in [2.45, 2.75) is 19.9 Å². The Kier molecular flexibility index (Phi) is 4.34. The van der Waals surface area contributed by atoms with E-state index in [1.807, 2.05) is 19.1 Å². The van der Waals surface area contributed by atoms with Gasteiger partial charge in [-0.05, 0) is 53.5 Å². The maximum atomic E-state index is 10.9. The summed E-state index contributed by atoms with van der Waals surface area (Å²) in [4.78, 5) is 14.5. The maximum Gasteiger partial charge on any atom is 0.273 e. The van der Waals surface area contributed by atoms with E-state index in [0.717, 1.165) is 11.3 Å². The molecule has 104 valence electrons. The first-order chi connectivity index (χ1) is 9.49. The molecule has 2 rings (SSSR count). The van der Waals surface area contributed by atoms with Gasteiger partial charge in [0.1, 0.15) is 0 Å². The number of nitro benzene ring substituents is 1. The third-order valence-corrected chi connectivity index (χ3v) is 3.72. The van der Waals surface area contributed by atoms with E-state index in [4.69, 9.17) is 0 Å². The standard InChI is InChI=1S/C14H14BrN3O2/c1-9-7-13(12(15)8-14(9)18(19)20)17-10(2)11-3-5-16-6-4-11/h3-8,10,17H,1-2H3. The van der Waals surface area contributed by atoms with Gasteiger partial charge in [0.05, 0.1) is 4.92 Å². The average molecular weight is 336 g/mol. The molecular formula is C14H14BrN3O2. The SMILES string of the molecule is Cc1cc(NC(C)c2ccncc2)c(Br)cc1[N+](=O)[O-]. The Morgan fingerprint density at radius 2 is 2.00 bits per heavy atom. The molecule has 0 saturated carbocycles. The smallest absolute Gasteiger partial charge is 0.273 e. The average Bonchev–Trinajstić information content (AvgIpc) is 2.43. The highest BCUT2D eigenvalue weighted by molar-refractivity contribution is 9.10. The molecule has 1 aromatic heterocycles. The molecule has 5 nitrogen and oxygen atoms in total. The lowest BCUT2D eigenvalue weighted by Gasteiger charge is -2.17. The van der Waals surface area contributed by atoms with Gasteiger partial charge in [0.15, 0.2) is 0 Å². The number of hydrogen-bond acceptors (Lipinski definition) is 4. The molecule has 1 unspecified atom stereocenters. The van der Waals surface area contributed by atoms with Crippen molar-refractivity contribution in [2.75, 3.05) is 5.32 Å². The first-order valence-electron chi connectivity index (χ1n) is 6.10. The van der Waals surface area contributed by atoms with Crippen molar-refractivity contribution in [1.29, 1.82) is 0 Å². The van der Waals surface area contributed by atoms with Gasteiger partial charge in [-0.2, -0.15) is 0 Å². The molecule has 1 heterocycles. The fourth-order valence-corrected chi connectivity index (χ4v) is 2.39. The Hall–Kier alpha value is -1.95. The summed E-state index contributed by atoms with van der Waals surface area (Å²) in [7, 11) is 0. The van der Waals surface area contributed by atoms with Crippen LogP contribution in [0.1, 0.15) is 24.1 Å². The van der Waals surface area contributed by atoms with Gasteiger partial charge in [0, 0.05) is 40.2 Å². The second-order valence-corrected chi connectivity index (χ2v) is 5.38.